The summed E-state index contributed by atoms with van der Waals surface area (Å²) in [6.07, 6.45) is 0. The third kappa shape index (κ3) is 5.45. The lowest BCUT2D eigenvalue weighted by Crippen LogP contribution is -2.25. The molecule has 1 aromatic rings. The fraction of sp³-hybridized carbons (Fsp3) is 0.462. The van der Waals surface area contributed by atoms with E-state index in [1.54, 1.807) is 0 Å². The van der Waals surface area contributed by atoms with Crippen molar-refractivity contribution in [3.63, 3.8) is 0 Å². The Labute approximate surface area is 102 Å². The van der Waals surface area contributed by atoms with Crippen LogP contribution in [0, 0.1) is 11.3 Å². The second-order valence-corrected chi connectivity index (χ2v) is 3.63. The van der Waals surface area contributed by atoms with Gasteiger partial charge in [-0.2, -0.15) is 5.26 Å². The van der Waals surface area contributed by atoms with Crippen molar-refractivity contribution in [2.24, 2.45) is 0 Å². The molecule has 2 N–H and O–H groups in total. The largest absolute Gasteiger partial charge is 0.394 e. The van der Waals surface area contributed by atoms with Crippen molar-refractivity contribution in [1.82, 2.24) is 5.32 Å². The topological polar surface area (TPSA) is 65.3 Å². The van der Waals surface area contributed by atoms with Crippen molar-refractivity contribution in [3.8, 4) is 6.07 Å². The minimum atomic E-state index is -0.131. The zero-order chi connectivity index (χ0) is 12.3. The highest BCUT2D eigenvalue weighted by Gasteiger charge is 2.08. The highest BCUT2D eigenvalue weighted by atomic mass is 16.5. The molecule has 0 aliphatic rings. The molecule has 0 saturated heterocycles. The van der Waals surface area contributed by atoms with Crippen LogP contribution in [0.15, 0.2) is 30.3 Å². The van der Waals surface area contributed by atoms with Gasteiger partial charge in [0, 0.05) is 13.1 Å². The van der Waals surface area contributed by atoms with Crippen molar-refractivity contribution >= 4 is 0 Å². The molecule has 0 heterocycles. The summed E-state index contributed by atoms with van der Waals surface area (Å²) in [4.78, 5) is 0. The van der Waals surface area contributed by atoms with Gasteiger partial charge in [0.1, 0.15) is 0 Å². The molecule has 4 heteroatoms. The molecule has 0 spiro atoms. The van der Waals surface area contributed by atoms with E-state index in [-0.39, 0.29) is 12.5 Å². The van der Waals surface area contributed by atoms with E-state index in [9.17, 15) is 0 Å². The lowest BCUT2D eigenvalue weighted by molar-refractivity contribution is 0.0939. The first-order chi connectivity index (χ1) is 8.38. The van der Waals surface area contributed by atoms with Crippen LogP contribution in [-0.4, -0.2) is 38.0 Å². The average molecular weight is 234 g/mol. The monoisotopic (exact) mass is 234 g/mol. The number of aliphatic hydroxyl groups excluding tert-OH is 1. The van der Waals surface area contributed by atoms with Gasteiger partial charge in [0.25, 0.3) is 0 Å². The quantitative estimate of drug-likeness (QED) is 0.656. The minimum absolute atomic E-state index is 0.0465. The Kier molecular flexibility index (Phi) is 6.99. The van der Waals surface area contributed by atoms with Gasteiger partial charge < -0.3 is 15.2 Å². The Hall–Kier alpha value is -1.41. The average Bonchev–Trinajstić information content (AvgIpc) is 2.39. The fourth-order valence-electron chi connectivity index (χ4n) is 1.48. The molecule has 0 saturated carbocycles. The number of nitrogens with one attached hydrogen (secondary N) is 1. The summed E-state index contributed by atoms with van der Waals surface area (Å²) in [6.45, 7) is 2.26. The number of ether oxygens (including phenoxy) is 1. The molecule has 0 bridgehead atoms. The maximum atomic E-state index is 9.07. The molecule has 0 aliphatic carbocycles. The molecule has 92 valence electrons. The fourth-order valence-corrected chi connectivity index (χ4v) is 1.48. The van der Waals surface area contributed by atoms with Crippen molar-refractivity contribution in [1.29, 1.82) is 5.26 Å². The van der Waals surface area contributed by atoms with E-state index in [0.29, 0.717) is 26.3 Å². The van der Waals surface area contributed by atoms with Gasteiger partial charge in [0.05, 0.1) is 31.8 Å². The number of aliphatic hydroxyl groups is 1. The predicted octanol–water partition coefficient (Wildman–Crippen LogP) is 0.892. The van der Waals surface area contributed by atoms with Crippen LogP contribution in [-0.2, 0) is 4.74 Å². The molecule has 1 atom stereocenters. The molecule has 0 aromatic heterocycles. The van der Waals surface area contributed by atoms with Crippen LogP contribution in [0.5, 0.6) is 0 Å². The number of nitriles is 1. The smallest absolute Gasteiger partial charge is 0.0837 e. The summed E-state index contributed by atoms with van der Waals surface area (Å²) in [6, 6.07) is 12.0. The van der Waals surface area contributed by atoms with Gasteiger partial charge in [-0.25, -0.2) is 0 Å². The van der Waals surface area contributed by atoms with Crippen LogP contribution in [0.4, 0.5) is 0 Å². The Morgan fingerprint density at radius 2 is 2.06 bits per heavy atom. The standard InChI is InChI=1S/C13H18N2O2/c14-10-13(12-4-2-1-3-5-12)11-15-6-8-17-9-7-16/h1-5,13,15-16H,6-9,11H2. The highest BCUT2D eigenvalue weighted by Crippen LogP contribution is 2.12. The van der Waals surface area contributed by atoms with Crippen molar-refractivity contribution < 1.29 is 9.84 Å². The Bertz CT molecular complexity index is 335. The lowest BCUT2D eigenvalue weighted by Gasteiger charge is -2.10. The summed E-state index contributed by atoms with van der Waals surface area (Å²) in [5, 5.41) is 20.7. The molecule has 1 unspecified atom stereocenters. The first-order valence-electron chi connectivity index (χ1n) is 5.72. The summed E-state index contributed by atoms with van der Waals surface area (Å²) >= 11 is 0. The number of nitrogens with zero attached hydrogens (tertiary/aromatic N) is 1. The van der Waals surface area contributed by atoms with E-state index in [1.807, 2.05) is 30.3 Å². The van der Waals surface area contributed by atoms with Crippen LogP contribution in [0.2, 0.25) is 0 Å². The van der Waals surface area contributed by atoms with Gasteiger partial charge in [0.15, 0.2) is 0 Å². The normalized spacial score (nSPS) is 12.0. The third-order valence-electron chi connectivity index (χ3n) is 2.37. The first-order valence-corrected chi connectivity index (χ1v) is 5.72. The van der Waals surface area contributed by atoms with Crippen LogP contribution >= 0.6 is 0 Å². The van der Waals surface area contributed by atoms with E-state index in [4.69, 9.17) is 15.1 Å². The third-order valence-corrected chi connectivity index (χ3v) is 2.37. The molecule has 1 aromatic carbocycles. The van der Waals surface area contributed by atoms with E-state index in [1.165, 1.54) is 0 Å². The van der Waals surface area contributed by atoms with E-state index < -0.39 is 0 Å². The molecular weight excluding hydrogens is 216 g/mol. The Morgan fingerprint density at radius 3 is 2.71 bits per heavy atom. The van der Waals surface area contributed by atoms with Crippen molar-refractivity contribution in [3.05, 3.63) is 35.9 Å². The maximum Gasteiger partial charge on any atom is 0.0837 e. The SMILES string of the molecule is N#CC(CNCCOCCO)c1ccccc1. The number of hydrogen-bond acceptors (Lipinski definition) is 4. The zero-order valence-corrected chi connectivity index (χ0v) is 9.80. The van der Waals surface area contributed by atoms with Gasteiger partial charge >= 0.3 is 0 Å². The van der Waals surface area contributed by atoms with Gasteiger partial charge in [0.2, 0.25) is 0 Å². The molecular formula is C13H18N2O2. The Balaban J connectivity index is 2.23. The van der Waals surface area contributed by atoms with E-state index in [2.05, 4.69) is 11.4 Å². The number of hydrogen-bond donors (Lipinski definition) is 2. The molecule has 0 radical (unpaired) electrons. The minimum Gasteiger partial charge on any atom is -0.394 e. The molecule has 0 fully saturated rings. The van der Waals surface area contributed by atoms with Crippen LogP contribution in [0.1, 0.15) is 11.5 Å². The molecule has 0 aliphatic heterocycles. The number of rotatable bonds is 8. The lowest BCUT2D eigenvalue weighted by atomic mass is 10.0. The summed E-state index contributed by atoms with van der Waals surface area (Å²) in [5.41, 5.74) is 1.03. The van der Waals surface area contributed by atoms with Crippen LogP contribution < -0.4 is 5.32 Å². The zero-order valence-electron chi connectivity index (χ0n) is 9.80. The maximum absolute atomic E-state index is 9.07. The van der Waals surface area contributed by atoms with Crippen LogP contribution in [0.3, 0.4) is 0 Å². The summed E-state index contributed by atoms with van der Waals surface area (Å²) in [7, 11) is 0. The van der Waals surface area contributed by atoms with E-state index >= 15 is 0 Å². The molecule has 0 amide bonds. The van der Waals surface area contributed by atoms with E-state index in [0.717, 1.165) is 5.56 Å². The number of benzene rings is 1. The molecule has 4 nitrogen and oxygen atoms in total. The second-order valence-electron chi connectivity index (χ2n) is 3.63. The summed E-state index contributed by atoms with van der Waals surface area (Å²) < 4.78 is 5.11. The van der Waals surface area contributed by atoms with Gasteiger partial charge in [-0.3, -0.25) is 0 Å². The predicted molar refractivity (Wildman–Crippen MR) is 65.6 cm³/mol. The van der Waals surface area contributed by atoms with Gasteiger partial charge in [-0.05, 0) is 5.56 Å². The summed E-state index contributed by atoms with van der Waals surface area (Å²) in [5.74, 6) is -0.131. The molecule has 17 heavy (non-hydrogen) atoms. The van der Waals surface area contributed by atoms with Crippen molar-refractivity contribution in [2.45, 2.75) is 5.92 Å². The van der Waals surface area contributed by atoms with Crippen LogP contribution in [0.25, 0.3) is 0 Å². The Morgan fingerprint density at radius 1 is 1.29 bits per heavy atom. The highest BCUT2D eigenvalue weighted by molar-refractivity contribution is 5.24. The first kappa shape index (κ1) is 13.7. The van der Waals surface area contributed by atoms with Gasteiger partial charge in [-0.15, -0.1) is 0 Å². The van der Waals surface area contributed by atoms with Crippen molar-refractivity contribution in [2.75, 3.05) is 32.9 Å². The van der Waals surface area contributed by atoms with Gasteiger partial charge in [-0.1, -0.05) is 30.3 Å². The second kappa shape index (κ2) is 8.71. The molecule has 1 rings (SSSR count).